The molecule has 3 aromatic rings. The molecule has 0 radical (unpaired) electrons. The molecule has 2 aromatic heterocycles. The number of likely N-dealkylation sites (tertiary alicyclic amines) is 1. The summed E-state index contributed by atoms with van der Waals surface area (Å²) >= 11 is 0. The summed E-state index contributed by atoms with van der Waals surface area (Å²) in [4.78, 5) is 17.6. The van der Waals surface area contributed by atoms with Crippen LogP contribution < -0.4 is 0 Å². The number of carbonyl (C=O) groups excluding carboxylic acids is 1. The Balaban J connectivity index is 1.45. The average Bonchev–Trinajstić information content (AvgIpc) is 3.40. The Morgan fingerprint density at radius 1 is 0.923 bits per heavy atom. The fourth-order valence-corrected chi connectivity index (χ4v) is 4.31. The van der Waals surface area contributed by atoms with E-state index in [0.29, 0.717) is 6.54 Å². The van der Waals surface area contributed by atoms with Crippen LogP contribution in [0, 0.1) is 0 Å². The van der Waals surface area contributed by atoms with Crippen molar-refractivity contribution in [2.45, 2.75) is 25.2 Å². The fraction of sp³-hybridized carbons (Fsp3) is 0.286. The van der Waals surface area contributed by atoms with Crippen LogP contribution in [0.3, 0.4) is 0 Å². The summed E-state index contributed by atoms with van der Waals surface area (Å²) < 4.78 is 7.68. The Kier molecular flexibility index (Phi) is 3.68. The van der Waals surface area contributed by atoms with E-state index in [4.69, 9.17) is 4.42 Å². The van der Waals surface area contributed by atoms with Crippen LogP contribution in [0.2, 0.25) is 0 Å². The summed E-state index contributed by atoms with van der Waals surface area (Å²) in [7, 11) is 0. The highest BCUT2D eigenvalue weighted by Gasteiger charge is 2.44. The monoisotopic (exact) mass is 347 g/mol. The molecule has 5 heteroatoms. The highest BCUT2D eigenvalue weighted by molar-refractivity contribution is 5.94. The van der Waals surface area contributed by atoms with Gasteiger partial charge in [-0.3, -0.25) is 9.69 Å². The summed E-state index contributed by atoms with van der Waals surface area (Å²) in [6.45, 7) is 3.22. The van der Waals surface area contributed by atoms with Gasteiger partial charge in [-0.15, -0.1) is 0 Å². The first kappa shape index (κ1) is 15.5. The van der Waals surface area contributed by atoms with E-state index in [1.165, 1.54) is 5.56 Å². The summed E-state index contributed by atoms with van der Waals surface area (Å²) in [5, 5.41) is 0. The lowest BCUT2D eigenvalue weighted by Crippen LogP contribution is -2.49. The molecule has 0 N–H and O–H groups in total. The van der Waals surface area contributed by atoms with E-state index in [2.05, 4.69) is 26.5 Å². The van der Waals surface area contributed by atoms with Crippen molar-refractivity contribution in [1.82, 2.24) is 14.4 Å². The summed E-state index contributed by atoms with van der Waals surface area (Å²) in [5.41, 5.74) is 1.96. The van der Waals surface area contributed by atoms with Gasteiger partial charge >= 0.3 is 0 Å². The predicted octanol–water partition coefficient (Wildman–Crippen LogP) is 3.16. The highest BCUT2D eigenvalue weighted by Crippen LogP contribution is 2.35. The number of fused-ring (bicyclic) bond motifs is 3. The molecule has 132 valence electrons. The molecule has 0 saturated carbocycles. The van der Waals surface area contributed by atoms with Crippen LogP contribution in [0.15, 0.2) is 71.5 Å². The Morgan fingerprint density at radius 2 is 1.77 bits per heavy atom. The van der Waals surface area contributed by atoms with Gasteiger partial charge in [0.1, 0.15) is 11.5 Å². The lowest BCUT2D eigenvalue weighted by atomic mass is 10.0. The minimum atomic E-state index is 0.125. The molecule has 0 unspecified atom stereocenters. The van der Waals surface area contributed by atoms with E-state index in [-0.39, 0.29) is 18.0 Å². The van der Waals surface area contributed by atoms with Gasteiger partial charge < -0.3 is 13.9 Å². The van der Waals surface area contributed by atoms with Crippen LogP contribution in [0.4, 0.5) is 0 Å². The van der Waals surface area contributed by atoms with Crippen molar-refractivity contribution in [3.05, 3.63) is 84.1 Å². The van der Waals surface area contributed by atoms with E-state index in [1.54, 1.807) is 6.26 Å². The smallest absolute Gasteiger partial charge is 0.271 e. The third kappa shape index (κ3) is 2.56. The van der Waals surface area contributed by atoms with Gasteiger partial charge in [0.2, 0.25) is 0 Å². The molecule has 0 aliphatic carbocycles. The van der Waals surface area contributed by atoms with Crippen molar-refractivity contribution in [3.63, 3.8) is 0 Å². The van der Waals surface area contributed by atoms with Crippen LogP contribution in [0.1, 0.15) is 27.9 Å². The SMILES string of the molecule is O=C1c2cccn2[C@H]2CN(Cc3ccco3)C[C@@H]2N1Cc1ccccc1. The molecular formula is C21H21N3O2. The summed E-state index contributed by atoms with van der Waals surface area (Å²) in [6, 6.07) is 18.6. The average molecular weight is 347 g/mol. The fourth-order valence-electron chi connectivity index (χ4n) is 4.31. The number of hydrogen-bond donors (Lipinski definition) is 0. The standard InChI is InChI=1S/C21H21N3O2/c25-21-18-9-4-10-23(18)19-14-22(13-17-8-5-11-26-17)15-20(19)24(21)12-16-6-2-1-3-7-16/h1-11,19-20H,12-15H2/t19-,20-/m0/s1. The topological polar surface area (TPSA) is 41.6 Å². The van der Waals surface area contributed by atoms with Gasteiger partial charge in [-0.2, -0.15) is 0 Å². The van der Waals surface area contributed by atoms with Crippen LogP contribution in [-0.4, -0.2) is 39.4 Å². The first-order valence-corrected chi connectivity index (χ1v) is 9.06. The third-order valence-electron chi connectivity index (χ3n) is 5.51. The maximum absolute atomic E-state index is 13.1. The molecule has 4 heterocycles. The normalized spacial score (nSPS) is 22.5. The molecule has 1 amide bonds. The molecule has 1 fully saturated rings. The predicted molar refractivity (Wildman–Crippen MR) is 97.6 cm³/mol. The quantitative estimate of drug-likeness (QED) is 0.728. The first-order chi connectivity index (χ1) is 12.8. The maximum atomic E-state index is 13.1. The zero-order valence-electron chi connectivity index (χ0n) is 14.5. The van der Waals surface area contributed by atoms with Gasteiger partial charge in [0.15, 0.2) is 0 Å². The number of furan rings is 1. The van der Waals surface area contributed by atoms with Gasteiger partial charge in [-0.1, -0.05) is 30.3 Å². The number of hydrogen-bond acceptors (Lipinski definition) is 3. The maximum Gasteiger partial charge on any atom is 0.271 e. The Bertz CT molecular complexity index is 901. The van der Waals surface area contributed by atoms with Crippen molar-refractivity contribution >= 4 is 5.91 Å². The van der Waals surface area contributed by atoms with Crippen LogP contribution >= 0.6 is 0 Å². The number of carbonyl (C=O) groups is 1. The minimum absolute atomic E-state index is 0.125. The Labute approximate surface area is 152 Å². The van der Waals surface area contributed by atoms with Crippen LogP contribution in [-0.2, 0) is 13.1 Å². The number of aromatic nitrogens is 1. The lowest BCUT2D eigenvalue weighted by Gasteiger charge is -2.38. The molecule has 26 heavy (non-hydrogen) atoms. The number of benzene rings is 1. The summed E-state index contributed by atoms with van der Waals surface area (Å²) in [6.07, 6.45) is 3.76. The van der Waals surface area contributed by atoms with E-state index >= 15 is 0 Å². The Morgan fingerprint density at radius 3 is 2.58 bits per heavy atom. The molecular weight excluding hydrogens is 326 g/mol. The molecule has 1 saturated heterocycles. The van der Waals surface area contributed by atoms with Gasteiger partial charge in [0, 0.05) is 25.8 Å². The zero-order chi connectivity index (χ0) is 17.5. The zero-order valence-corrected chi connectivity index (χ0v) is 14.5. The van der Waals surface area contributed by atoms with Crippen LogP contribution in [0.25, 0.3) is 0 Å². The summed E-state index contributed by atoms with van der Waals surface area (Å²) in [5.74, 6) is 1.09. The lowest BCUT2D eigenvalue weighted by molar-refractivity contribution is 0.0556. The second-order valence-electron chi connectivity index (χ2n) is 7.13. The molecule has 5 nitrogen and oxygen atoms in total. The van der Waals surface area contributed by atoms with Crippen molar-refractivity contribution in [2.24, 2.45) is 0 Å². The van der Waals surface area contributed by atoms with Gasteiger partial charge in [-0.05, 0) is 29.8 Å². The van der Waals surface area contributed by atoms with Crippen molar-refractivity contribution in [3.8, 4) is 0 Å². The molecule has 2 aliphatic rings. The number of amides is 1. The van der Waals surface area contributed by atoms with E-state index in [0.717, 1.165) is 31.1 Å². The Hall–Kier alpha value is -2.79. The van der Waals surface area contributed by atoms with Crippen molar-refractivity contribution < 1.29 is 9.21 Å². The van der Waals surface area contributed by atoms with Crippen LogP contribution in [0.5, 0.6) is 0 Å². The molecule has 1 aromatic carbocycles. The third-order valence-corrected chi connectivity index (χ3v) is 5.51. The van der Waals surface area contributed by atoms with Gasteiger partial charge in [0.05, 0.1) is 24.9 Å². The van der Waals surface area contributed by atoms with E-state index in [9.17, 15) is 4.79 Å². The van der Waals surface area contributed by atoms with E-state index in [1.807, 2.05) is 48.7 Å². The van der Waals surface area contributed by atoms with Gasteiger partial charge in [0.25, 0.3) is 5.91 Å². The molecule has 2 aliphatic heterocycles. The van der Waals surface area contributed by atoms with E-state index < -0.39 is 0 Å². The molecule has 0 bridgehead atoms. The molecule has 2 atom stereocenters. The first-order valence-electron chi connectivity index (χ1n) is 9.06. The largest absolute Gasteiger partial charge is 0.468 e. The van der Waals surface area contributed by atoms with Crippen molar-refractivity contribution in [2.75, 3.05) is 13.1 Å². The second-order valence-corrected chi connectivity index (χ2v) is 7.13. The molecule has 0 spiro atoms. The second kappa shape index (κ2) is 6.18. The number of rotatable bonds is 4. The van der Waals surface area contributed by atoms with Gasteiger partial charge in [-0.25, -0.2) is 0 Å². The number of nitrogens with zero attached hydrogens (tertiary/aromatic N) is 3. The van der Waals surface area contributed by atoms with Crippen molar-refractivity contribution in [1.29, 1.82) is 0 Å². The molecule has 5 rings (SSSR count). The minimum Gasteiger partial charge on any atom is -0.468 e. The highest BCUT2D eigenvalue weighted by atomic mass is 16.3.